The Balaban J connectivity index is 1.74. The number of carbonyl (C=O) groups is 1. The molecule has 8 N–H and O–H groups in total. The fourth-order valence-electron chi connectivity index (χ4n) is 2.99. The molecule has 12 nitrogen and oxygen atoms in total. The SMILES string of the molecule is C[S+](CC[C@H](N)C(=O)O)C(O)[C@H]1O[C@@H](n2cnc3c(N)ncnc32)[C@H](O)[C@@H]1O. The number of hydrogen-bond acceptors (Lipinski definition) is 10. The Labute approximate surface area is 162 Å². The Morgan fingerprint density at radius 2 is 2.07 bits per heavy atom. The third-order valence-corrected chi connectivity index (χ3v) is 6.67. The number of nitrogens with zero attached hydrogens (tertiary/aromatic N) is 4. The summed E-state index contributed by atoms with van der Waals surface area (Å²) in [7, 11) is -0.724. The summed E-state index contributed by atoms with van der Waals surface area (Å²) in [6.07, 6.45) is -0.319. The number of anilines is 1. The molecule has 28 heavy (non-hydrogen) atoms. The molecular weight excluding hydrogens is 392 g/mol. The maximum absolute atomic E-state index is 10.8. The zero-order valence-corrected chi connectivity index (χ0v) is 15.8. The van der Waals surface area contributed by atoms with Gasteiger partial charge in [0.05, 0.1) is 6.33 Å². The number of carboxylic acids is 1. The lowest BCUT2D eigenvalue weighted by Gasteiger charge is -2.20. The normalized spacial score (nSPS) is 28.3. The average molecular weight is 415 g/mol. The first-order valence-corrected chi connectivity index (χ1v) is 10.3. The van der Waals surface area contributed by atoms with E-state index in [-0.39, 0.29) is 12.2 Å². The summed E-state index contributed by atoms with van der Waals surface area (Å²) in [6, 6.07) is -1.03. The van der Waals surface area contributed by atoms with Crippen LogP contribution in [0.1, 0.15) is 12.6 Å². The van der Waals surface area contributed by atoms with Gasteiger partial charge in [0.15, 0.2) is 23.8 Å². The summed E-state index contributed by atoms with van der Waals surface area (Å²) in [6.45, 7) is 0. The third-order valence-electron chi connectivity index (χ3n) is 4.70. The first kappa shape index (κ1) is 20.7. The van der Waals surface area contributed by atoms with E-state index in [9.17, 15) is 20.1 Å². The topological polar surface area (TPSA) is 203 Å². The van der Waals surface area contributed by atoms with Gasteiger partial charge in [-0.25, -0.2) is 15.0 Å². The number of aliphatic carboxylic acids is 1. The van der Waals surface area contributed by atoms with Gasteiger partial charge in [-0.2, -0.15) is 0 Å². The molecule has 2 unspecified atom stereocenters. The summed E-state index contributed by atoms with van der Waals surface area (Å²) in [5.74, 6) is -0.620. The number of aliphatic hydroxyl groups excluding tert-OH is 3. The maximum Gasteiger partial charge on any atom is 0.320 e. The minimum atomic E-state index is -1.36. The lowest BCUT2D eigenvalue weighted by Crippen LogP contribution is -2.44. The Morgan fingerprint density at radius 3 is 2.75 bits per heavy atom. The van der Waals surface area contributed by atoms with Crippen molar-refractivity contribution in [3.63, 3.8) is 0 Å². The standard InChI is InChI=1S/C15H22N6O6S/c1-28(3-2-6(16)14(24)25)15(26)10-8(22)9(23)13(27-10)21-5-20-7-11(17)18-4-19-12(7)21/h4-6,8-10,13,15,22-23,26H,2-3,16H2,1H3,(H2-,17,18,19,24,25)/p+1/t6-,8-,9+,10-,13+,15?,28?/m0/s1. The first-order valence-electron chi connectivity index (χ1n) is 8.44. The van der Waals surface area contributed by atoms with Crippen LogP contribution in [0.15, 0.2) is 12.7 Å². The van der Waals surface area contributed by atoms with Crippen molar-refractivity contribution in [3.05, 3.63) is 12.7 Å². The van der Waals surface area contributed by atoms with Crippen molar-refractivity contribution < 1.29 is 30.0 Å². The zero-order chi connectivity index (χ0) is 20.6. The van der Waals surface area contributed by atoms with Crippen molar-refractivity contribution in [2.75, 3.05) is 17.7 Å². The third kappa shape index (κ3) is 3.76. The summed E-state index contributed by atoms with van der Waals surface area (Å²) in [4.78, 5) is 22.9. The number of ether oxygens (including phenoxy) is 1. The van der Waals surface area contributed by atoms with Gasteiger partial charge in [-0.3, -0.25) is 9.36 Å². The second-order valence-electron chi connectivity index (χ2n) is 6.57. The molecule has 0 spiro atoms. The van der Waals surface area contributed by atoms with Crippen molar-refractivity contribution in [2.45, 2.75) is 42.4 Å². The highest BCUT2D eigenvalue weighted by Gasteiger charge is 2.51. The molecule has 7 atom stereocenters. The summed E-state index contributed by atoms with van der Waals surface area (Å²) >= 11 is 0. The van der Waals surface area contributed by atoms with E-state index in [2.05, 4.69) is 15.0 Å². The molecule has 0 amide bonds. The predicted molar refractivity (Wildman–Crippen MR) is 100 cm³/mol. The van der Waals surface area contributed by atoms with Gasteiger partial charge in [0, 0.05) is 17.3 Å². The van der Waals surface area contributed by atoms with Crippen molar-refractivity contribution in [3.8, 4) is 0 Å². The maximum atomic E-state index is 10.8. The molecule has 1 aliphatic heterocycles. The fraction of sp³-hybridized carbons (Fsp3) is 0.600. The highest BCUT2D eigenvalue weighted by atomic mass is 32.2. The van der Waals surface area contributed by atoms with Crippen molar-refractivity contribution >= 4 is 33.8 Å². The number of rotatable bonds is 7. The second kappa shape index (κ2) is 8.14. The fourth-order valence-corrected chi connectivity index (χ4v) is 4.54. The lowest BCUT2D eigenvalue weighted by atomic mass is 10.1. The Morgan fingerprint density at radius 1 is 1.36 bits per heavy atom. The molecule has 0 saturated carbocycles. The molecule has 0 aliphatic carbocycles. The number of nitrogens with two attached hydrogens (primary N) is 2. The van der Waals surface area contributed by atoms with Crippen molar-refractivity contribution in [1.82, 2.24) is 19.5 Å². The minimum absolute atomic E-state index is 0.165. The molecule has 154 valence electrons. The number of fused-ring (bicyclic) bond motifs is 1. The van der Waals surface area contributed by atoms with E-state index < -0.39 is 52.9 Å². The largest absolute Gasteiger partial charge is 0.480 e. The van der Waals surface area contributed by atoms with Gasteiger partial charge in [0.25, 0.3) is 0 Å². The van der Waals surface area contributed by atoms with Crippen LogP contribution in [-0.4, -0.2) is 87.7 Å². The molecule has 0 bridgehead atoms. The Kier molecular flexibility index (Phi) is 6.02. The Bertz CT molecular complexity index is 852. The minimum Gasteiger partial charge on any atom is -0.480 e. The van der Waals surface area contributed by atoms with Crippen LogP contribution in [0.2, 0.25) is 0 Å². The van der Waals surface area contributed by atoms with Gasteiger partial charge < -0.3 is 36.6 Å². The van der Waals surface area contributed by atoms with Crippen LogP contribution in [0.3, 0.4) is 0 Å². The monoisotopic (exact) mass is 415 g/mol. The molecule has 0 radical (unpaired) electrons. The number of hydrogen-bond donors (Lipinski definition) is 6. The van der Waals surface area contributed by atoms with Gasteiger partial charge in [-0.05, 0) is 0 Å². The van der Waals surface area contributed by atoms with Crippen LogP contribution >= 0.6 is 0 Å². The highest BCUT2D eigenvalue weighted by Crippen LogP contribution is 2.34. The van der Waals surface area contributed by atoms with Gasteiger partial charge in [-0.15, -0.1) is 0 Å². The van der Waals surface area contributed by atoms with Crippen LogP contribution in [0.25, 0.3) is 11.2 Å². The number of nitrogen functional groups attached to an aromatic ring is 1. The average Bonchev–Trinajstić information content (AvgIpc) is 3.21. The molecule has 3 heterocycles. The summed E-state index contributed by atoms with van der Waals surface area (Å²) in [5, 5.41) is 40.3. The van der Waals surface area contributed by atoms with Gasteiger partial charge in [-0.1, -0.05) is 0 Å². The van der Waals surface area contributed by atoms with Crippen LogP contribution in [0, 0.1) is 0 Å². The molecular formula is C15H23N6O6S+. The number of imidazole rings is 1. The zero-order valence-electron chi connectivity index (χ0n) is 15.0. The smallest absolute Gasteiger partial charge is 0.320 e. The molecule has 13 heteroatoms. The van der Waals surface area contributed by atoms with E-state index >= 15 is 0 Å². The van der Waals surface area contributed by atoms with E-state index in [1.54, 1.807) is 6.26 Å². The number of carboxylic acid groups (broad SMARTS) is 1. The van der Waals surface area contributed by atoms with Crippen molar-refractivity contribution in [2.24, 2.45) is 5.73 Å². The van der Waals surface area contributed by atoms with E-state index in [1.165, 1.54) is 17.2 Å². The van der Waals surface area contributed by atoms with E-state index in [4.69, 9.17) is 21.3 Å². The summed E-state index contributed by atoms with van der Waals surface area (Å²) in [5.41, 5.74) is 10.8. The van der Waals surface area contributed by atoms with Crippen molar-refractivity contribution in [1.29, 1.82) is 0 Å². The van der Waals surface area contributed by atoms with Crippen LogP contribution in [0.5, 0.6) is 0 Å². The molecule has 1 fully saturated rings. The highest BCUT2D eigenvalue weighted by molar-refractivity contribution is 7.96. The van der Waals surface area contributed by atoms with Gasteiger partial charge >= 0.3 is 5.97 Å². The van der Waals surface area contributed by atoms with Gasteiger partial charge in [0.1, 0.15) is 42.1 Å². The van der Waals surface area contributed by atoms with E-state index in [0.29, 0.717) is 16.9 Å². The van der Waals surface area contributed by atoms with Crippen LogP contribution < -0.4 is 11.5 Å². The number of aromatic nitrogens is 4. The molecule has 1 saturated heterocycles. The summed E-state index contributed by atoms with van der Waals surface area (Å²) < 4.78 is 7.17. The number of aliphatic hydroxyl groups is 3. The molecule has 2 aromatic rings. The molecule has 2 aromatic heterocycles. The molecule has 3 rings (SSSR count). The second-order valence-corrected chi connectivity index (χ2v) is 8.85. The van der Waals surface area contributed by atoms with E-state index in [0.717, 1.165) is 0 Å². The van der Waals surface area contributed by atoms with Gasteiger partial charge in [0.2, 0.25) is 5.44 Å². The van der Waals surface area contributed by atoms with E-state index in [1.807, 2.05) is 0 Å². The first-order chi connectivity index (χ1) is 13.2. The Hall–Kier alpha value is -2.03. The predicted octanol–water partition coefficient (Wildman–Crippen LogP) is -2.60. The quantitative estimate of drug-likeness (QED) is 0.259. The lowest BCUT2D eigenvalue weighted by molar-refractivity contribution is -0.138. The van der Waals surface area contributed by atoms with Crippen LogP contribution in [-0.2, 0) is 20.4 Å². The molecule has 1 aliphatic rings. The van der Waals surface area contributed by atoms with Crippen LogP contribution in [0.4, 0.5) is 5.82 Å². The molecule has 0 aromatic carbocycles.